The Balaban J connectivity index is 2.16. The molecule has 1 saturated heterocycles. The van der Waals surface area contributed by atoms with Crippen LogP contribution in [0, 0.1) is 22.7 Å². The van der Waals surface area contributed by atoms with Crippen molar-refractivity contribution in [3.05, 3.63) is 0 Å². The first kappa shape index (κ1) is 12.8. The molecular weight excluding hydrogens is 238 g/mol. The largest absolute Gasteiger partial charge is 0.391 e. The van der Waals surface area contributed by atoms with Crippen molar-refractivity contribution in [1.29, 1.82) is 5.26 Å². The van der Waals surface area contributed by atoms with E-state index in [9.17, 15) is 18.8 Å². The first-order valence-electron chi connectivity index (χ1n) is 6.29. The van der Waals surface area contributed by atoms with E-state index in [1.165, 1.54) is 6.42 Å². The minimum atomic E-state index is -3.13. The van der Waals surface area contributed by atoms with Gasteiger partial charge in [-0.3, -0.25) is 0 Å². The molecule has 1 heterocycles. The lowest BCUT2D eigenvalue weighted by Gasteiger charge is -2.34. The zero-order chi connectivity index (χ0) is 12.5. The van der Waals surface area contributed by atoms with Crippen molar-refractivity contribution >= 4 is 9.84 Å². The quantitative estimate of drug-likeness (QED) is 0.807. The van der Waals surface area contributed by atoms with Gasteiger partial charge < -0.3 is 5.11 Å². The number of aliphatic hydroxyl groups excluding tert-OH is 1. The molecule has 0 aromatic carbocycles. The van der Waals surface area contributed by atoms with Gasteiger partial charge in [0.05, 0.1) is 29.1 Å². The van der Waals surface area contributed by atoms with Crippen LogP contribution in [0.1, 0.15) is 38.5 Å². The lowest BCUT2D eigenvalue weighted by atomic mass is 9.72. The summed E-state index contributed by atoms with van der Waals surface area (Å²) >= 11 is 0. The summed E-state index contributed by atoms with van der Waals surface area (Å²) in [5, 5.41) is 19.6. The molecule has 0 spiro atoms. The molecule has 1 aliphatic heterocycles. The molecule has 1 N–H and O–H groups in total. The van der Waals surface area contributed by atoms with E-state index in [0.29, 0.717) is 6.42 Å². The first-order valence-corrected chi connectivity index (χ1v) is 8.11. The third-order valence-electron chi connectivity index (χ3n) is 4.22. The van der Waals surface area contributed by atoms with Crippen molar-refractivity contribution in [2.24, 2.45) is 11.3 Å². The Morgan fingerprint density at radius 3 is 2.41 bits per heavy atom. The summed E-state index contributed by atoms with van der Waals surface area (Å²) in [5.41, 5.74) is -1.04. The predicted molar refractivity (Wildman–Crippen MR) is 63.9 cm³/mol. The fraction of sp³-hybridized carbons (Fsp3) is 0.917. The molecule has 2 unspecified atom stereocenters. The number of aliphatic hydroxyl groups is 1. The van der Waals surface area contributed by atoms with Crippen LogP contribution in [-0.4, -0.2) is 31.1 Å². The molecular formula is C12H19NO3S. The molecule has 4 nitrogen and oxygen atoms in total. The molecule has 2 rings (SSSR count). The first-order chi connectivity index (χ1) is 7.99. The van der Waals surface area contributed by atoms with E-state index >= 15 is 0 Å². The van der Waals surface area contributed by atoms with Crippen LogP contribution < -0.4 is 0 Å². The van der Waals surface area contributed by atoms with Crippen LogP contribution in [-0.2, 0) is 9.84 Å². The minimum Gasteiger partial charge on any atom is -0.391 e. The number of nitriles is 1. The third kappa shape index (κ3) is 2.48. The molecule has 2 atom stereocenters. The lowest BCUT2D eigenvalue weighted by molar-refractivity contribution is 0.0109. The van der Waals surface area contributed by atoms with Gasteiger partial charge in [-0.15, -0.1) is 0 Å². The summed E-state index contributed by atoms with van der Waals surface area (Å²) < 4.78 is 23.1. The van der Waals surface area contributed by atoms with Crippen LogP contribution in [0.4, 0.5) is 0 Å². The van der Waals surface area contributed by atoms with E-state index in [-0.39, 0.29) is 17.4 Å². The van der Waals surface area contributed by atoms with Crippen LogP contribution in [0.2, 0.25) is 0 Å². The van der Waals surface area contributed by atoms with Crippen molar-refractivity contribution < 1.29 is 13.5 Å². The summed E-state index contributed by atoms with van der Waals surface area (Å²) in [4.78, 5) is 0. The minimum absolute atomic E-state index is 0.0460. The molecule has 2 aliphatic rings. The monoisotopic (exact) mass is 257 g/mol. The average Bonchev–Trinajstić information content (AvgIpc) is 2.66. The van der Waals surface area contributed by atoms with Crippen molar-refractivity contribution in [3.8, 4) is 6.07 Å². The summed E-state index contributed by atoms with van der Waals surface area (Å²) in [7, 11) is -3.13. The Morgan fingerprint density at radius 2 is 1.94 bits per heavy atom. The molecule has 0 radical (unpaired) electrons. The Morgan fingerprint density at radius 1 is 1.29 bits per heavy atom. The highest BCUT2D eigenvalue weighted by Crippen LogP contribution is 2.41. The van der Waals surface area contributed by atoms with Crippen LogP contribution in [0.5, 0.6) is 0 Å². The van der Waals surface area contributed by atoms with E-state index in [4.69, 9.17) is 0 Å². The van der Waals surface area contributed by atoms with Crippen LogP contribution in [0.15, 0.2) is 0 Å². The van der Waals surface area contributed by atoms with Crippen LogP contribution in [0.25, 0.3) is 0 Å². The van der Waals surface area contributed by atoms with Gasteiger partial charge in [-0.25, -0.2) is 8.42 Å². The zero-order valence-corrected chi connectivity index (χ0v) is 10.7. The Hall–Kier alpha value is -0.600. The van der Waals surface area contributed by atoms with Gasteiger partial charge in [0.2, 0.25) is 0 Å². The van der Waals surface area contributed by atoms with Gasteiger partial charge in [0, 0.05) is 0 Å². The van der Waals surface area contributed by atoms with Crippen molar-refractivity contribution in [3.63, 3.8) is 0 Å². The van der Waals surface area contributed by atoms with Crippen molar-refractivity contribution in [2.45, 2.75) is 44.6 Å². The number of rotatable bonds is 2. The fourth-order valence-corrected chi connectivity index (χ4v) is 5.15. The third-order valence-corrected chi connectivity index (χ3v) is 6.00. The predicted octanol–water partition coefficient (Wildman–Crippen LogP) is 1.26. The van der Waals surface area contributed by atoms with Crippen molar-refractivity contribution in [2.75, 3.05) is 11.5 Å². The van der Waals surface area contributed by atoms with Gasteiger partial charge >= 0.3 is 0 Å². The van der Waals surface area contributed by atoms with Gasteiger partial charge in [-0.1, -0.05) is 19.3 Å². The van der Waals surface area contributed by atoms with Gasteiger partial charge in [0.1, 0.15) is 0 Å². The lowest BCUT2D eigenvalue weighted by Crippen LogP contribution is -2.41. The second-order valence-electron chi connectivity index (χ2n) is 5.45. The van der Waals surface area contributed by atoms with Gasteiger partial charge in [-0.2, -0.15) is 5.26 Å². The maximum atomic E-state index is 11.5. The summed E-state index contributed by atoms with van der Waals surface area (Å²) in [6.07, 6.45) is 4.70. The zero-order valence-electron chi connectivity index (χ0n) is 9.93. The Kier molecular flexibility index (Phi) is 3.46. The highest BCUT2D eigenvalue weighted by atomic mass is 32.2. The molecule has 1 saturated carbocycles. The maximum Gasteiger partial charge on any atom is 0.152 e. The molecule has 0 bridgehead atoms. The SMILES string of the molecule is N#CC1(C(O)C2CCCCC2)CCS(=O)(=O)C1. The van der Waals surface area contributed by atoms with Crippen LogP contribution >= 0.6 is 0 Å². The molecule has 96 valence electrons. The number of hydrogen-bond acceptors (Lipinski definition) is 4. The second-order valence-corrected chi connectivity index (χ2v) is 7.64. The number of sulfone groups is 1. The summed E-state index contributed by atoms with van der Waals surface area (Å²) in [6.45, 7) is 0. The van der Waals surface area contributed by atoms with E-state index in [1.807, 2.05) is 0 Å². The van der Waals surface area contributed by atoms with E-state index in [2.05, 4.69) is 6.07 Å². The highest BCUT2D eigenvalue weighted by molar-refractivity contribution is 7.91. The van der Waals surface area contributed by atoms with Crippen molar-refractivity contribution in [1.82, 2.24) is 0 Å². The van der Waals surface area contributed by atoms with Crippen LogP contribution in [0.3, 0.4) is 0 Å². The molecule has 0 amide bonds. The second kappa shape index (κ2) is 4.58. The van der Waals surface area contributed by atoms with Gasteiger partial charge in [0.15, 0.2) is 9.84 Å². The molecule has 2 fully saturated rings. The molecule has 0 aromatic rings. The maximum absolute atomic E-state index is 11.5. The van der Waals surface area contributed by atoms with E-state index in [1.54, 1.807) is 0 Å². The number of nitrogens with zero attached hydrogens (tertiary/aromatic N) is 1. The summed E-state index contributed by atoms with van der Waals surface area (Å²) in [6, 6.07) is 2.10. The summed E-state index contributed by atoms with van der Waals surface area (Å²) in [5.74, 6) is -0.00454. The highest BCUT2D eigenvalue weighted by Gasteiger charge is 2.50. The Labute approximate surface area is 103 Å². The van der Waals surface area contributed by atoms with Gasteiger partial charge in [0.25, 0.3) is 0 Å². The molecule has 17 heavy (non-hydrogen) atoms. The fourth-order valence-electron chi connectivity index (χ4n) is 3.16. The Bertz CT molecular complexity index is 420. The standard InChI is InChI=1S/C12H19NO3S/c13-8-12(6-7-17(15,16)9-12)11(14)10-4-2-1-3-5-10/h10-11,14H,1-7,9H2. The topological polar surface area (TPSA) is 78.2 Å². The van der Waals surface area contributed by atoms with E-state index < -0.39 is 21.4 Å². The van der Waals surface area contributed by atoms with E-state index in [0.717, 1.165) is 25.7 Å². The molecule has 1 aliphatic carbocycles. The molecule has 5 heteroatoms. The van der Waals surface area contributed by atoms with Gasteiger partial charge in [-0.05, 0) is 25.2 Å². The average molecular weight is 257 g/mol. The molecule has 0 aromatic heterocycles. The smallest absolute Gasteiger partial charge is 0.152 e. The number of hydrogen-bond donors (Lipinski definition) is 1. The normalized spacial score (nSPS) is 35.3.